The maximum Gasteiger partial charge on any atom is 0.325 e. The molecule has 7 heteroatoms. The molecule has 3 aliphatic rings. The predicted molar refractivity (Wildman–Crippen MR) is 73.4 cm³/mol. The molecule has 0 aromatic carbocycles. The Morgan fingerprint density at radius 2 is 2.10 bits per heavy atom. The zero-order valence-electron chi connectivity index (χ0n) is 12.0. The Kier molecular flexibility index (Phi) is 3.84. The van der Waals surface area contributed by atoms with Gasteiger partial charge in [0.1, 0.15) is 12.1 Å². The van der Waals surface area contributed by atoms with E-state index >= 15 is 0 Å². The first-order chi connectivity index (χ1) is 10.1. The average molecular weight is 295 g/mol. The minimum absolute atomic E-state index is 0.0539. The molecule has 0 aromatic rings. The molecule has 3 rings (SSSR count). The van der Waals surface area contributed by atoms with Gasteiger partial charge in [0.15, 0.2) is 0 Å². The van der Waals surface area contributed by atoms with Crippen LogP contribution in [-0.2, 0) is 14.3 Å². The highest BCUT2D eigenvalue weighted by atomic mass is 16.5. The summed E-state index contributed by atoms with van der Waals surface area (Å²) in [6.45, 7) is 0.961. The van der Waals surface area contributed by atoms with Gasteiger partial charge in [0.2, 0.25) is 5.91 Å². The maximum atomic E-state index is 12.4. The second kappa shape index (κ2) is 5.63. The number of urea groups is 1. The Labute approximate surface area is 123 Å². The molecule has 0 unspecified atom stereocenters. The highest BCUT2D eigenvalue weighted by Crippen LogP contribution is 2.34. The van der Waals surface area contributed by atoms with Crippen molar-refractivity contribution in [3.05, 3.63) is 0 Å². The lowest BCUT2D eigenvalue weighted by atomic mass is 9.98. The summed E-state index contributed by atoms with van der Waals surface area (Å²) in [5, 5.41) is 5.50. The highest BCUT2D eigenvalue weighted by molar-refractivity contribution is 6.09. The van der Waals surface area contributed by atoms with E-state index in [-0.39, 0.29) is 24.5 Å². The Hall–Kier alpha value is -1.63. The van der Waals surface area contributed by atoms with Crippen LogP contribution in [0, 0.1) is 0 Å². The van der Waals surface area contributed by atoms with E-state index in [0.29, 0.717) is 19.4 Å². The van der Waals surface area contributed by atoms with Crippen LogP contribution in [0.2, 0.25) is 0 Å². The molecule has 1 spiro atoms. The number of hydrogen-bond acceptors (Lipinski definition) is 4. The standard InChI is InChI=1S/C14H21N3O4/c18-11(15-8-10-4-3-7-21-10)9-17-12(19)14(16-13(17)20)5-1-2-6-14/h10H,1-9H2,(H,15,18)(H,16,20)/t10-/m0/s1. The summed E-state index contributed by atoms with van der Waals surface area (Å²) in [6, 6.07) is -0.450. The van der Waals surface area contributed by atoms with E-state index in [2.05, 4.69) is 10.6 Å². The molecule has 2 aliphatic heterocycles. The number of hydrogen-bond donors (Lipinski definition) is 2. The molecule has 2 N–H and O–H groups in total. The minimum atomic E-state index is -0.744. The van der Waals surface area contributed by atoms with Crippen molar-refractivity contribution in [3.63, 3.8) is 0 Å². The van der Waals surface area contributed by atoms with Crippen LogP contribution >= 0.6 is 0 Å². The molecular weight excluding hydrogens is 274 g/mol. The molecular formula is C14H21N3O4. The minimum Gasteiger partial charge on any atom is -0.376 e. The van der Waals surface area contributed by atoms with Gasteiger partial charge in [-0.15, -0.1) is 0 Å². The fourth-order valence-electron chi connectivity index (χ4n) is 3.37. The summed E-state index contributed by atoms with van der Waals surface area (Å²) in [5.74, 6) is -0.568. The first kappa shape index (κ1) is 14.3. The van der Waals surface area contributed by atoms with E-state index in [1.54, 1.807) is 0 Å². The van der Waals surface area contributed by atoms with Crippen LogP contribution in [0.25, 0.3) is 0 Å². The van der Waals surface area contributed by atoms with E-state index < -0.39 is 11.6 Å². The summed E-state index contributed by atoms with van der Waals surface area (Å²) in [7, 11) is 0. The monoisotopic (exact) mass is 295 g/mol. The topological polar surface area (TPSA) is 87.7 Å². The number of ether oxygens (including phenoxy) is 1. The van der Waals surface area contributed by atoms with Crippen molar-refractivity contribution < 1.29 is 19.1 Å². The van der Waals surface area contributed by atoms with Crippen molar-refractivity contribution >= 4 is 17.8 Å². The van der Waals surface area contributed by atoms with Crippen molar-refractivity contribution in [3.8, 4) is 0 Å². The molecule has 2 heterocycles. The van der Waals surface area contributed by atoms with Gasteiger partial charge in [-0.2, -0.15) is 0 Å². The zero-order chi connectivity index (χ0) is 14.9. The lowest BCUT2D eigenvalue weighted by molar-refractivity contribution is -0.135. The third-order valence-corrected chi connectivity index (χ3v) is 4.56. The SMILES string of the molecule is O=C(CN1C(=O)NC2(CCCC2)C1=O)NC[C@@H]1CCCO1. The summed E-state index contributed by atoms with van der Waals surface area (Å²) in [6.07, 6.45) is 5.22. The molecule has 1 aliphatic carbocycles. The number of imide groups is 1. The lowest BCUT2D eigenvalue weighted by Gasteiger charge is -2.20. The van der Waals surface area contributed by atoms with Crippen molar-refractivity contribution in [2.45, 2.75) is 50.2 Å². The number of nitrogens with zero attached hydrogens (tertiary/aromatic N) is 1. The third kappa shape index (κ3) is 2.74. The number of amides is 4. The van der Waals surface area contributed by atoms with Gasteiger partial charge in [0.05, 0.1) is 6.10 Å². The van der Waals surface area contributed by atoms with Crippen LogP contribution < -0.4 is 10.6 Å². The predicted octanol–water partition coefficient (Wildman–Crippen LogP) is 0.146. The van der Waals surface area contributed by atoms with Crippen molar-refractivity contribution in [1.82, 2.24) is 15.5 Å². The van der Waals surface area contributed by atoms with Gasteiger partial charge in [0, 0.05) is 13.2 Å². The Bertz CT molecular complexity index is 453. The van der Waals surface area contributed by atoms with Crippen LogP contribution in [0.5, 0.6) is 0 Å². The number of rotatable bonds is 4. The summed E-state index contributed by atoms with van der Waals surface area (Å²) >= 11 is 0. The van der Waals surface area contributed by atoms with E-state index in [9.17, 15) is 14.4 Å². The van der Waals surface area contributed by atoms with Crippen LogP contribution in [0.4, 0.5) is 4.79 Å². The van der Waals surface area contributed by atoms with E-state index in [4.69, 9.17) is 4.74 Å². The fraction of sp³-hybridized carbons (Fsp3) is 0.786. The fourth-order valence-corrected chi connectivity index (χ4v) is 3.37. The van der Waals surface area contributed by atoms with Crippen molar-refractivity contribution in [2.24, 2.45) is 0 Å². The van der Waals surface area contributed by atoms with Gasteiger partial charge in [-0.25, -0.2) is 4.79 Å². The highest BCUT2D eigenvalue weighted by Gasteiger charge is 2.52. The third-order valence-electron chi connectivity index (χ3n) is 4.56. The van der Waals surface area contributed by atoms with Gasteiger partial charge < -0.3 is 15.4 Å². The van der Waals surface area contributed by atoms with E-state index in [0.717, 1.165) is 37.2 Å². The van der Waals surface area contributed by atoms with Gasteiger partial charge in [-0.1, -0.05) is 12.8 Å². The smallest absolute Gasteiger partial charge is 0.325 e. The molecule has 2 saturated heterocycles. The molecule has 0 radical (unpaired) electrons. The molecule has 0 aromatic heterocycles. The number of nitrogens with one attached hydrogen (secondary N) is 2. The number of carbonyl (C=O) groups excluding carboxylic acids is 3. The average Bonchev–Trinajstić information content (AvgIpc) is 3.16. The van der Waals surface area contributed by atoms with E-state index in [1.165, 1.54) is 0 Å². The Morgan fingerprint density at radius 1 is 1.33 bits per heavy atom. The molecule has 3 fully saturated rings. The molecule has 1 saturated carbocycles. The first-order valence-corrected chi connectivity index (χ1v) is 7.63. The second-order valence-corrected chi connectivity index (χ2v) is 6.05. The quantitative estimate of drug-likeness (QED) is 0.723. The molecule has 0 bridgehead atoms. The van der Waals surface area contributed by atoms with Crippen LogP contribution in [0.3, 0.4) is 0 Å². The van der Waals surface area contributed by atoms with Gasteiger partial charge >= 0.3 is 6.03 Å². The molecule has 1 atom stereocenters. The molecule has 116 valence electrons. The largest absolute Gasteiger partial charge is 0.376 e. The molecule has 7 nitrogen and oxygen atoms in total. The van der Waals surface area contributed by atoms with Crippen LogP contribution in [-0.4, -0.2) is 54.1 Å². The van der Waals surface area contributed by atoms with Gasteiger partial charge in [-0.05, 0) is 25.7 Å². The molecule has 4 amide bonds. The van der Waals surface area contributed by atoms with Crippen LogP contribution in [0.1, 0.15) is 38.5 Å². The maximum absolute atomic E-state index is 12.4. The van der Waals surface area contributed by atoms with Crippen molar-refractivity contribution in [1.29, 1.82) is 0 Å². The normalized spacial score (nSPS) is 27.4. The summed E-state index contributed by atoms with van der Waals surface area (Å²) < 4.78 is 5.42. The summed E-state index contributed by atoms with van der Waals surface area (Å²) in [5.41, 5.74) is -0.744. The van der Waals surface area contributed by atoms with Crippen molar-refractivity contribution in [2.75, 3.05) is 19.7 Å². The van der Waals surface area contributed by atoms with E-state index in [1.807, 2.05) is 0 Å². The number of carbonyl (C=O) groups is 3. The van der Waals surface area contributed by atoms with Gasteiger partial charge in [-0.3, -0.25) is 14.5 Å². The van der Waals surface area contributed by atoms with Crippen LogP contribution in [0.15, 0.2) is 0 Å². The first-order valence-electron chi connectivity index (χ1n) is 7.63. The zero-order valence-corrected chi connectivity index (χ0v) is 12.0. The van der Waals surface area contributed by atoms with Gasteiger partial charge in [0.25, 0.3) is 5.91 Å². The second-order valence-electron chi connectivity index (χ2n) is 6.05. The lowest BCUT2D eigenvalue weighted by Crippen LogP contribution is -2.46. The summed E-state index contributed by atoms with van der Waals surface area (Å²) in [4.78, 5) is 37.3. The Balaban J connectivity index is 1.53. The molecule has 21 heavy (non-hydrogen) atoms. The Morgan fingerprint density at radius 3 is 2.76 bits per heavy atom.